The first-order chi connectivity index (χ1) is 13.1. The molecule has 5 atom stereocenters. The molecule has 6 rings (SSSR count). The number of carbonyl (C=O) groups is 2. The molecule has 1 saturated heterocycles. The summed E-state index contributed by atoms with van der Waals surface area (Å²) < 4.78 is 6.40. The van der Waals surface area contributed by atoms with Crippen molar-refractivity contribution in [3.8, 4) is 5.75 Å². The van der Waals surface area contributed by atoms with Crippen LogP contribution in [0.5, 0.6) is 5.75 Å². The van der Waals surface area contributed by atoms with Gasteiger partial charge >= 0.3 is 0 Å². The highest BCUT2D eigenvalue weighted by atomic mass is 16.5. The van der Waals surface area contributed by atoms with Gasteiger partial charge in [-0.1, -0.05) is 12.1 Å². The van der Waals surface area contributed by atoms with Crippen molar-refractivity contribution in [2.75, 3.05) is 6.54 Å². The molecular weight excluding hydrogens is 340 g/mol. The van der Waals surface area contributed by atoms with Gasteiger partial charge in [0.05, 0.1) is 5.56 Å². The zero-order valence-corrected chi connectivity index (χ0v) is 15.9. The first kappa shape index (κ1) is 17.1. The Balaban J connectivity index is 1.38. The van der Waals surface area contributed by atoms with Crippen molar-refractivity contribution in [3.63, 3.8) is 0 Å². The number of piperidine rings is 1. The van der Waals surface area contributed by atoms with Crippen LogP contribution in [0.3, 0.4) is 0 Å². The average molecular weight is 368 g/mol. The molecule has 1 spiro atoms. The number of rotatable bonds is 1. The van der Waals surface area contributed by atoms with Gasteiger partial charge < -0.3 is 15.0 Å². The number of amides is 2. The van der Waals surface area contributed by atoms with Crippen LogP contribution in [0.15, 0.2) is 24.3 Å². The summed E-state index contributed by atoms with van der Waals surface area (Å²) in [6.45, 7) is 3.08. The molecule has 0 aromatic heterocycles. The predicted octanol–water partition coefficient (Wildman–Crippen LogP) is 3.34. The van der Waals surface area contributed by atoms with Crippen molar-refractivity contribution in [3.05, 3.63) is 29.8 Å². The van der Waals surface area contributed by atoms with Crippen molar-refractivity contribution in [1.82, 2.24) is 10.2 Å². The fourth-order valence-electron chi connectivity index (χ4n) is 5.90. The van der Waals surface area contributed by atoms with Crippen molar-refractivity contribution in [2.45, 2.75) is 63.6 Å². The van der Waals surface area contributed by atoms with E-state index in [2.05, 4.69) is 17.1 Å². The van der Waals surface area contributed by atoms with E-state index in [0.717, 1.165) is 45.1 Å². The van der Waals surface area contributed by atoms with E-state index in [-0.39, 0.29) is 17.7 Å². The summed E-state index contributed by atoms with van der Waals surface area (Å²) in [5, 5.41) is 3.18. The predicted molar refractivity (Wildman–Crippen MR) is 101 cm³/mol. The minimum atomic E-state index is -0.626. The minimum Gasteiger partial charge on any atom is -0.467 e. The van der Waals surface area contributed by atoms with Gasteiger partial charge in [-0.3, -0.25) is 9.59 Å². The van der Waals surface area contributed by atoms with Gasteiger partial charge in [-0.2, -0.15) is 0 Å². The van der Waals surface area contributed by atoms with E-state index in [1.165, 1.54) is 6.42 Å². The Morgan fingerprint density at radius 3 is 2.85 bits per heavy atom. The van der Waals surface area contributed by atoms with E-state index in [9.17, 15) is 9.59 Å². The third-order valence-electron chi connectivity index (χ3n) is 7.37. The second kappa shape index (κ2) is 6.25. The Morgan fingerprint density at radius 1 is 1.22 bits per heavy atom. The van der Waals surface area contributed by atoms with Crippen LogP contribution in [0.4, 0.5) is 0 Å². The maximum atomic E-state index is 13.3. The number of fused-ring (bicyclic) bond motifs is 3. The number of para-hydroxylation sites is 1. The van der Waals surface area contributed by atoms with Crippen LogP contribution in [0.1, 0.15) is 62.2 Å². The molecule has 1 N–H and O–H groups in total. The van der Waals surface area contributed by atoms with Gasteiger partial charge in [0.1, 0.15) is 5.75 Å². The lowest BCUT2D eigenvalue weighted by atomic mass is 9.59. The topological polar surface area (TPSA) is 58.6 Å². The Morgan fingerprint density at radius 2 is 2.07 bits per heavy atom. The largest absolute Gasteiger partial charge is 0.467 e. The molecular formula is C22H28N2O3. The van der Waals surface area contributed by atoms with Gasteiger partial charge in [-0.15, -0.1) is 0 Å². The maximum absolute atomic E-state index is 13.3. The number of benzene rings is 1. The zero-order valence-electron chi connectivity index (χ0n) is 15.9. The normalized spacial score (nSPS) is 37.5. The molecule has 1 aromatic rings. The zero-order chi connectivity index (χ0) is 18.6. The number of nitrogens with zero attached hydrogens (tertiary/aromatic N) is 1. The van der Waals surface area contributed by atoms with E-state index >= 15 is 0 Å². The molecule has 0 unspecified atom stereocenters. The fourth-order valence-corrected chi connectivity index (χ4v) is 5.90. The number of likely N-dealkylation sites (tertiary alicyclic amines) is 1. The highest BCUT2D eigenvalue weighted by molar-refractivity contribution is 5.98. The van der Waals surface area contributed by atoms with Gasteiger partial charge in [-0.05, 0) is 63.5 Å². The van der Waals surface area contributed by atoms with Gasteiger partial charge in [0.2, 0.25) is 5.91 Å². The summed E-state index contributed by atoms with van der Waals surface area (Å²) >= 11 is 0. The first-order valence-electron chi connectivity index (χ1n) is 10.5. The molecule has 144 valence electrons. The van der Waals surface area contributed by atoms with E-state index < -0.39 is 5.72 Å². The van der Waals surface area contributed by atoms with Crippen molar-refractivity contribution >= 4 is 11.8 Å². The SMILES string of the molecule is C[C@@H]1CCCCN1C(=O)[C@@H]1C[C@H]2CC[C@H]1C[C@@]21NC(=O)c2ccccc2O1. The van der Waals surface area contributed by atoms with E-state index in [0.29, 0.717) is 29.2 Å². The Kier molecular flexibility index (Phi) is 3.95. The number of carbonyl (C=O) groups excluding carboxylic acids is 2. The standard InChI is InChI=1S/C22H28N2O3/c1-14-6-4-5-11-24(14)21(26)18-12-16-10-9-15(18)13-22(16)23-20(25)17-7-2-3-8-19(17)27-22/h2-3,7-8,14-16,18H,4-6,9-13H2,1H3,(H,23,25)/t14-,15+,16-,18-,22+/m1/s1. The lowest BCUT2D eigenvalue weighted by Crippen LogP contribution is -2.67. The van der Waals surface area contributed by atoms with Crippen LogP contribution in [-0.4, -0.2) is 35.0 Å². The molecule has 5 aliphatic rings. The second-order valence-corrected chi connectivity index (χ2v) is 8.90. The number of nitrogens with one attached hydrogen (secondary N) is 1. The number of ether oxygens (including phenoxy) is 1. The molecule has 5 heteroatoms. The molecule has 4 fully saturated rings. The Hall–Kier alpha value is -2.04. The van der Waals surface area contributed by atoms with E-state index in [1.807, 2.05) is 24.3 Å². The van der Waals surface area contributed by atoms with Crippen LogP contribution in [0.2, 0.25) is 0 Å². The van der Waals surface area contributed by atoms with Gasteiger partial charge in [-0.25, -0.2) is 0 Å². The third kappa shape index (κ3) is 2.66. The smallest absolute Gasteiger partial charge is 0.258 e. The third-order valence-corrected chi connectivity index (χ3v) is 7.37. The summed E-state index contributed by atoms with van der Waals surface area (Å²) in [5.41, 5.74) is -0.0158. The average Bonchev–Trinajstić information content (AvgIpc) is 2.68. The van der Waals surface area contributed by atoms with Gasteiger partial charge in [0, 0.05) is 30.8 Å². The summed E-state index contributed by atoms with van der Waals surface area (Å²) in [6.07, 6.45) is 7.12. The lowest BCUT2D eigenvalue weighted by Gasteiger charge is -2.55. The molecule has 0 radical (unpaired) electrons. The summed E-state index contributed by atoms with van der Waals surface area (Å²) in [7, 11) is 0. The second-order valence-electron chi connectivity index (χ2n) is 8.90. The molecule has 2 aliphatic heterocycles. The van der Waals surface area contributed by atoms with Crippen molar-refractivity contribution in [1.29, 1.82) is 0 Å². The molecule has 2 amide bonds. The van der Waals surface area contributed by atoms with Crippen LogP contribution in [0, 0.1) is 17.8 Å². The molecule has 27 heavy (non-hydrogen) atoms. The van der Waals surface area contributed by atoms with Crippen molar-refractivity contribution < 1.29 is 14.3 Å². The summed E-state index contributed by atoms with van der Waals surface area (Å²) in [4.78, 5) is 28.1. The highest BCUT2D eigenvalue weighted by Crippen LogP contribution is 2.53. The van der Waals surface area contributed by atoms with Crippen LogP contribution < -0.4 is 10.1 Å². The molecule has 5 nitrogen and oxygen atoms in total. The molecule has 2 heterocycles. The van der Waals surface area contributed by atoms with Gasteiger partial charge in [0.25, 0.3) is 5.91 Å². The minimum absolute atomic E-state index is 0.0445. The highest BCUT2D eigenvalue weighted by Gasteiger charge is 2.57. The van der Waals surface area contributed by atoms with Gasteiger partial charge in [0.15, 0.2) is 5.72 Å². The quantitative estimate of drug-likeness (QED) is 0.827. The maximum Gasteiger partial charge on any atom is 0.258 e. The molecule has 3 saturated carbocycles. The molecule has 2 bridgehead atoms. The first-order valence-corrected chi connectivity index (χ1v) is 10.5. The van der Waals surface area contributed by atoms with Crippen LogP contribution in [0.25, 0.3) is 0 Å². The van der Waals surface area contributed by atoms with E-state index in [1.54, 1.807) is 0 Å². The number of hydrogen-bond donors (Lipinski definition) is 1. The van der Waals surface area contributed by atoms with Crippen molar-refractivity contribution in [2.24, 2.45) is 17.8 Å². The summed E-state index contributed by atoms with van der Waals surface area (Å²) in [5.74, 6) is 1.57. The lowest BCUT2D eigenvalue weighted by molar-refractivity contribution is -0.158. The molecule has 3 aliphatic carbocycles. The monoisotopic (exact) mass is 368 g/mol. The fraction of sp³-hybridized carbons (Fsp3) is 0.636. The number of hydrogen-bond acceptors (Lipinski definition) is 3. The van der Waals surface area contributed by atoms with Crippen LogP contribution in [-0.2, 0) is 4.79 Å². The Labute approximate surface area is 160 Å². The van der Waals surface area contributed by atoms with Crippen LogP contribution >= 0.6 is 0 Å². The van der Waals surface area contributed by atoms with E-state index in [4.69, 9.17) is 4.74 Å². The molecule has 1 aromatic carbocycles. The summed E-state index contributed by atoms with van der Waals surface area (Å²) in [6, 6.07) is 7.83. The Bertz CT molecular complexity index is 779.